The maximum atomic E-state index is 12.3. The molecule has 1 saturated heterocycles. The Bertz CT molecular complexity index is 1150. The number of amides is 1. The second kappa shape index (κ2) is 7.21. The van der Waals surface area contributed by atoms with Crippen LogP contribution in [0.3, 0.4) is 0 Å². The highest BCUT2D eigenvalue weighted by Gasteiger charge is 2.29. The number of nitro benzene ring substituents is 1. The third-order valence-electron chi connectivity index (χ3n) is 4.59. The smallest absolute Gasteiger partial charge is 0.269 e. The number of nitro groups is 1. The fraction of sp³-hybridized carbons (Fsp3) is 0.100. The Morgan fingerprint density at radius 1 is 1.18 bits per heavy atom. The van der Waals surface area contributed by atoms with Crippen molar-refractivity contribution in [1.29, 1.82) is 0 Å². The molecule has 0 radical (unpaired) electrons. The fourth-order valence-corrected chi connectivity index (χ4v) is 4.30. The number of fused-ring (bicyclic) bond motifs is 1. The van der Waals surface area contributed by atoms with E-state index in [1.165, 1.54) is 28.8 Å². The van der Waals surface area contributed by atoms with Crippen LogP contribution in [0.5, 0.6) is 0 Å². The number of non-ortho nitro benzene ring substituents is 1. The Balaban J connectivity index is 1.72. The van der Waals surface area contributed by atoms with Gasteiger partial charge in [-0.3, -0.25) is 19.8 Å². The first kappa shape index (κ1) is 18.4. The van der Waals surface area contributed by atoms with E-state index in [0.29, 0.717) is 15.8 Å². The number of para-hydroxylation sites is 1. The molecular weight excluding hydrogens is 394 g/mol. The quantitative estimate of drug-likeness (QED) is 0.276. The molecule has 1 fully saturated rings. The third-order valence-corrected chi connectivity index (χ3v) is 6.08. The van der Waals surface area contributed by atoms with E-state index in [9.17, 15) is 14.9 Å². The highest BCUT2D eigenvalue weighted by atomic mass is 32.2. The van der Waals surface area contributed by atoms with Crippen molar-refractivity contribution < 1.29 is 9.72 Å². The highest BCUT2D eigenvalue weighted by molar-refractivity contribution is 8.26. The molecule has 3 aromatic rings. The molecule has 140 valence electrons. The van der Waals surface area contributed by atoms with E-state index in [4.69, 9.17) is 12.2 Å². The van der Waals surface area contributed by atoms with Crippen molar-refractivity contribution in [3.63, 3.8) is 0 Å². The number of thioether (sulfide) groups is 1. The molecule has 1 aromatic heterocycles. The molecule has 0 unspecified atom stereocenters. The van der Waals surface area contributed by atoms with Gasteiger partial charge in [-0.05, 0) is 17.7 Å². The Morgan fingerprint density at radius 3 is 2.54 bits per heavy atom. The van der Waals surface area contributed by atoms with Crippen molar-refractivity contribution in [1.82, 2.24) is 9.47 Å². The second-order valence-electron chi connectivity index (χ2n) is 6.39. The van der Waals surface area contributed by atoms with Crippen molar-refractivity contribution in [2.24, 2.45) is 0 Å². The zero-order valence-corrected chi connectivity index (χ0v) is 16.5. The van der Waals surface area contributed by atoms with Gasteiger partial charge in [0, 0.05) is 48.4 Å². The monoisotopic (exact) mass is 409 g/mol. The van der Waals surface area contributed by atoms with Crippen LogP contribution in [0.4, 0.5) is 5.69 Å². The summed E-state index contributed by atoms with van der Waals surface area (Å²) in [5.41, 5.74) is 2.99. The van der Waals surface area contributed by atoms with Gasteiger partial charge < -0.3 is 4.57 Å². The number of rotatable bonds is 4. The van der Waals surface area contributed by atoms with Gasteiger partial charge >= 0.3 is 0 Å². The molecule has 0 spiro atoms. The lowest BCUT2D eigenvalue weighted by atomic mass is 10.1. The van der Waals surface area contributed by atoms with Crippen LogP contribution in [0.2, 0.25) is 0 Å². The first-order valence-electron chi connectivity index (χ1n) is 8.47. The Labute approximate surface area is 170 Å². The van der Waals surface area contributed by atoms with Crippen LogP contribution >= 0.6 is 24.0 Å². The van der Waals surface area contributed by atoms with E-state index in [-0.39, 0.29) is 11.6 Å². The number of benzene rings is 2. The fourth-order valence-electron chi connectivity index (χ4n) is 3.13. The van der Waals surface area contributed by atoms with E-state index < -0.39 is 4.92 Å². The van der Waals surface area contributed by atoms with Crippen LogP contribution < -0.4 is 0 Å². The minimum atomic E-state index is -0.406. The molecule has 0 aliphatic carbocycles. The van der Waals surface area contributed by atoms with Crippen LogP contribution in [0.25, 0.3) is 17.0 Å². The van der Waals surface area contributed by atoms with Crippen LogP contribution in [0.1, 0.15) is 11.1 Å². The van der Waals surface area contributed by atoms with E-state index in [1.54, 1.807) is 19.2 Å². The first-order chi connectivity index (χ1) is 13.4. The molecule has 0 saturated carbocycles. The normalized spacial score (nSPS) is 15.8. The molecule has 4 rings (SSSR count). The molecular formula is C20H15N3O3S2. The average molecular weight is 409 g/mol. The number of nitrogens with zero attached hydrogens (tertiary/aromatic N) is 3. The number of aromatic nitrogens is 1. The Morgan fingerprint density at radius 2 is 1.89 bits per heavy atom. The number of hydrogen-bond acceptors (Lipinski definition) is 5. The lowest BCUT2D eigenvalue weighted by Gasteiger charge is -2.05. The van der Waals surface area contributed by atoms with E-state index in [0.717, 1.165) is 22.0 Å². The van der Waals surface area contributed by atoms with Crippen LogP contribution in [0.15, 0.2) is 59.6 Å². The molecule has 1 aliphatic heterocycles. The highest BCUT2D eigenvalue weighted by Crippen LogP contribution is 2.33. The summed E-state index contributed by atoms with van der Waals surface area (Å²) in [7, 11) is 1.68. The van der Waals surface area contributed by atoms with Crippen LogP contribution in [-0.4, -0.2) is 31.7 Å². The molecule has 28 heavy (non-hydrogen) atoms. The zero-order chi connectivity index (χ0) is 19.8. The van der Waals surface area contributed by atoms with Gasteiger partial charge in [-0.15, -0.1) is 0 Å². The van der Waals surface area contributed by atoms with Gasteiger partial charge in [0.2, 0.25) is 0 Å². The molecule has 6 nitrogen and oxygen atoms in total. The van der Waals surface area contributed by atoms with E-state index in [2.05, 4.69) is 4.57 Å². The van der Waals surface area contributed by atoms with Crippen molar-refractivity contribution in [2.45, 2.75) is 6.54 Å². The third kappa shape index (κ3) is 3.32. The van der Waals surface area contributed by atoms with Crippen molar-refractivity contribution in [2.75, 3.05) is 7.05 Å². The van der Waals surface area contributed by atoms with Crippen molar-refractivity contribution in [3.8, 4) is 0 Å². The number of likely N-dealkylation sites (N-methyl/N-ethyl adjacent to an activating group) is 1. The number of hydrogen-bond donors (Lipinski definition) is 0. The lowest BCUT2D eigenvalue weighted by molar-refractivity contribution is -0.384. The molecule has 8 heteroatoms. The summed E-state index contributed by atoms with van der Waals surface area (Å²) in [4.78, 5) is 24.8. The van der Waals surface area contributed by atoms with E-state index >= 15 is 0 Å². The maximum Gasteiger partial charge on any atom is 0.269 e. The minimum absolute atomic E-state index is 0.0726. The summed E-state index contributed by atoms with van der Waals surface area (Å²) in [5.74, 6) is -0.0952. The molecule has 0 N–H and O–H groups in total. The summed E-state index contributed by atoms with van der Waals surface area (Å²) < 4.78 is 2.63. The van der Waals surface area contributed by atoms with Crippen molar-refractivity contribution >= 4 is 56.9 Å². The van der Waals surface area contributed by atoms with Gasteiger partial charge in [0.05, 0.1) is 9.83 Å². The van der Waals surface area contributed by atoms with Gasteiger partial charge in [-0.2, -0.15) is 0 Å². The molecule has 1 amide bonds. The largest absolute Gasteiger partial charge is 0.342 e. The summed E-state index contributed by atoms with van der Waals surface area (Å²) in [5, 5.41) is 11.9. The van der Waals surface area contributed by atoms with Gasteiger partial charge in [-0.25, -0.2) is 0 Å². The van der Waals surface area contributed by atoms with Crippen molar-refractivity contribution in [3.05, 3.63) is 80.9 Å². The molecule has 0 atom stereocenters. The lowest BCUT2D eigenvalue weighted by Crippen LogP contribution is -2.22. The minimum Gasteiger partial charge on any atom is -0.342 e. The van der Waals surface area contributed by atoms with Gasteiger partial charge in [-0.1, -0.05) is 54.3 Å². The van der Waals surface area contributed by atoms with Gasteiger partial charge in [0.25, 0.3) is 11.6 Å². The second-order valence-corrected chi connectivity index (χ2v) is 8.07. The molecule has 2 aromatic carbocycles. The standard InChI is InChI=1S/C20H15N3O3S2/c1-21-19(24)18(28-20(21)27)10-14-12-22(17-5-3-2-4-16(14)17)11-13-6-8-15(9-7-13)23(25)26/h2-10,12H,11H2,1H3/b18-10-. The van der Waals surface area contributed by atoms with E-state index in [1.807, 2.05) is 36.5 Å². The maximum absolute atomic E-state index is 12.3. The number of thiocarbonyl (C=S) groups is 1. The van der Waals surface area contributed by atoms with Gasteiger partial charge in [0.1, 0.15) is 4.32 Å². The summed E-state index contributed by atoms with van der Waals surface area (Å²) in [6.45, 7) is 0.571. The van der Waals surface area contributed by atoms with Crippen LogP contribution in [0, 0.1) is 10.1 Å². The molecule has 1 aliphatic rings. The summed E-state index contributed by atoms with van der Waals surface area (Å²) >= 11 is 6.50. The Kier molecular flexibility index (Phi) is 4.74. The summed E-state index contributed by atoms with van der Waals surface area (Å²) in [6, 6.07) is 14.5. The number of carbonyl (C=O) groups excluding carboxylic acids is 1. The van der Waals surface area contributed by atoms with Gasteiger partial charge in [0.15, 0.2) is 0 Å². The zero-order valence-electron chi connectivity index (χ0n) is 14.9. The topological polar surface area (TPSA) is 68.4 Å². The van der Waals surface area contributed by atoms with Crippen LogP contribution in [-0.2, 0) is 11.3 Å². The predicted octanol–water partition coefficient (Wildman–Crippen LogP) is 4.43. The SMILES string of the molecule is CN1C(=O)/C(=C/c2cn(Cc3ccc([N+](=O)[O-])cc3)c3ccccc23)SC1=S. The number of carbonyl (C=O) groups is 1. The molecule has 2 heterocycles. The summed E-state index contributed by atoms with van der Waals surface area (Å²) in [6.07, 6.45) is 3.87. The Hall–Kier alpha value is -2.97. The predicted molar refractivity (Wildman–Crippen MR) is 115 cm³/mol. The first-order valence-corrected chi connectivity index (χ1v) is 9.69. The molecule has 0 bridgehead atoms. The average Bonchev–Trinajstić information content (AvgIpc) is 3.15.